The fourth-order valence-electron chi connectivity index (χ4n) is 5.08. The number of carbonyl (C=O) groups excluding carboxylic acids is 2. The number of ketones is 2. The number of hydrogen-bond acceptors (Lipinski definition) is 6. The molecule has 7 nitrogen and oxygen atoms in total. The molecule has 0 radical (unpaired) electrons. The number of rotatable bonds is 6. The summed E-state index contributed by atoms with van der Waals surface area (Å²) in [6.45, 7) is 7.74. The van der Waals surface area contributed by atoms with Crippen LogP contribution < -0.4 is 0 Å². The zero-order valence-corrected chi connectivity index (χ0v) is 19.4. The molecule has 1 aromatic rings. The summed E-state index contributed by atoms with van der Waals surface area (Å²) in [5.41, 5.74) is 3.09. The predicted molar refractivity (Wildman–Crippen MR) is 114 cm³/mol. The Morgan fingerprint density at radius 3 is 2.23 bits per heavy atom. The lowest BCUT2D eigenvalue weighted by Crippen LogP contribution is -2.52. The first-order valence-electron chi connectivity index (χ1n) is 10.3. The van der Waals surface area contributed by atoms with E-state index in [-0.39, 0.29) is 24.4 Å². The zero-order valence-electron chi connectivity index (χ0n) is 18.5. The first kappa shape index (κ1) is 22.6. The van der Waals surface area contributed by atoms with Crippen LogP contribution in [0, 0.1) is 19.8 Å². The molecule has 0 atom stereocenters. The summed E-state index contributed by atoms with van der Waals surface area (Å²) < 4.78 is 27.0. The largest absolute Gasteiger partial charge is 0.396 e. The third-order valence-corrected chi connectivity index (χ3v) is 8.27. The van der Waals surface area contributed by atoms with E-state index in [0.717, 1.165) is 16.7 Å². The van der Waals surface area contributed by atoms with Crippen LogP contribution in [0.1, 0.15) is 55.4 Å². The third kappa shape index (κ3) is 3.39. The van der Waals surface area contributed by atoms with Crippen LogP contribution in [-0.4, -0.2) is 50.7 Å². The molecule has 0 unspecified atom stereocenters. The van der Waals surface area contributed by atoms with Gasteiger partial charge >= 0.3 is 0 Å². The van der Waals surface area contributed by atoms with Crippen LogP contribution in [0.3, 0.4) is 0 Å². The lowest BCUT2D eigenvalue weighted by Gasteiger charge is -2.49. The van der Waals surface area contributed by atoms with Gasteiger partial charge in [-0.2, -0.15) is 0 Å². The molecule has 0 aliphatic heterocycles. The Morgan fingerprint density at radius 2 is 1.73 bits per heavy atom. The highest BCUT2D eigenvalue weighted by Crippen LogP contribution is 2.54. The molecule has 3 rings (SSSR count). The Balaban J connectivity index is 2.04. The smallest absolute Gasteiger partial charge is 0.243 e. The normalized spacial score (nSPS) is 24.2. The quantitative estimate of drug-likeness (QED) is 0.390. The van der Waals surface area contributed by atoms with Crippen LogP contribution in [0.25, 0.3) is 0 Å². The highest BCUT2D eigenvalue weighted by Gasteiger charge is 2.55. The second-order valence-corrected chi connectivity index (χ2v) is 10.6. The van der Waals surface area contributed by atoms with Crippen molar-refractivity contribution < 1.29 is 22.8 Å². The fraction of sp³-hybridized carbons (Fsp3) is 0.591. The van der Waals surface area contributed by atoms with Gasteiger partial charge in [-0.15, -0.1) is 0 Å². The van der Waals surface area contributed by atoms with Gasteiger partial charge in [0.2, 0.25) is 10.0 Å². The summed E-state index contributed by atoms with van der Waals surface area (Å²) in [6.07, 6.45) is 1.32. The van der Waals surface area contributed by atoms with E-state index in [1.54, 1.807) is 13.8 Å². The number of Topliss-reactive ketones (excluding diaryl/α,β-unsaturated/α-hetero) is 2. The van der Waals surface area contributed by atoms with Crippen LogP contribution in [0.2, 0.25) is 0 Å². The molecule has 2 aliphatic carbocycles. The van der Waals surface area contributed by atoms with Gasteiger partial charge in [-0.05, 0) is 55.9 Å². The lowest BCUT2D eigenvalue weighted by atomic mass is 9.53. The van der Waals surface area contributed by atoms with Gasteiger partial charge in [0, 0.05) is 32.4 Å². The molecule has 2 aliphatic rings. The number of carbonyl (C=O) groups is 2. The average Bonchev–Trinajstić information content (AvgIpc) is 2.62. The SMILES string of the molecule is CCON=C(CC)C1C(=O)CC2(CC1=O)Cc1c2c(C)cc(C)c1S(=O)(=O)N(C)C. The van der Waals surface area contributed by atoms with Gasteiger partial charge in [-0.3, -0.25) is 9.59 Å². The van der Waals surface area contributed by atoms with Crippen molar-refractivity contribution in [2.75, 3.05) is 20.7 Å². The van der Waals surface area contributed by atoms with Crippen LogP contribution in [0.15, 0.2) is 16.1 Å². The van der Waals surface area contributed by atoms with Crippen molar-refractivity contribution in [3.63, 3.8) is 0 Å². The molecule has 0 heterocycles. The number of benzene rings is 1. The summed E-state index contributed by atoms with van der Waals surface area (Å²) in [7, 11) is -0.596. The van der Waals surface area contributed by atoms with Gasteiger partial charge in [-0.1, -0.05) is 18.1 Å². The molecule has 30 heavy (non-hydrogen) atoms. The molecular formula is C22H30N2O5S. The maximum absolute atomic E-state index is 13.1. The molecule has 1 fully saturated rings. The Hall–Kier alpha value is -2.06. The topological polar surface area (TPSA) is 93.1 Å². The third-order valence-electron chi connectivity index (χ3n) is 6.22. The summed E-state index contributed by atoms with van der Waals surface area (Å²) in [4.78, 5) is 31.6. The minimum atomic E-state index is -3.62. The fourth-order valence-corrected chi connectivity index (χ4v) is 6.39. The van der Waals surface area contributed by atoms with Crippen molar-refractivity contribution >= 4 is 27.3 Å². The van der Waals surface area contributed by atoms with Crippen molar-refractivity contribution in [1.82, 2.24) is 4.31 Å². The van der Waals surface area contributed by atoms with E-state index in [1.807, 2.05) is 19.9 Å². The monoisotopic (exact) mass is 434 g/mol. The molecule has 1 spiro atoms. The molecule has 1 aromatic carbocycles. The molecule has 0 aromatic heterocycles. The molecule has 0 bridgehead atoms. The minimum Gasteiger partial charge on any atom is -0.396 e. The first-order chi connectivity index (χ1) is 14.0. The Labute approximate surface area is 178 Å². The van der Waals surface area contributed by atoms with Gasteiger partial charge in [0.05, 0.1) is 10.6 Å². The number of fused-ring (bicyclic) bond motifs is 2. The second-order valence-electron chi connectivity index (χ2n) is 8.51. The summed E-state index contributed by atoms with van der Waals surface area (Å²) in [6, 6.07) is 1.85. The lowest BCUT2D eigenvalue weighted by molar-refractivity contribution is -0.135. The van der Waals surface area contributed by atoms with Crippen LogP contribution >= 0.6 is 0 Å². The van der Waals surface area contributed by atoms with Gasteiger partial charge in [0.1, 0.15) is 24.1 Å². The molecule has 164 valence electrons. The molecule has 0 saturated heterocycles. The van der Waals surface area contributed by atoms with Crippen molar-refractivity contribution in [1.29, 1.82) is 0 Å². The second kappa shape index (κ2) is 7.89. The maximum Gasteiger partial charge on any atom is 0.243 e. The van der Waals surface area contributed by atoms with Crippen molar-refractivity contribution in [2.24, 2.45) is 11.1 Å². The number of aryl methyl sites for hydroxylation is 2. The molecule has 1 saturated carbocycles. The van der Waals surface area contributed by atoms with Crippen LogP contribution in [-0.2, 0) is 36.3 Å². The van der Waals surface area contributed by atoms with E-state index in [9.17, 15) is 18.0 Å². The molecule has 8 heteroatoms. The van der Waals surface area contributed by atoms with Crippen molar-refractivity contribution in [3.05, 3.63) is 28.3 Å². The molecule has 0 N–H and O–H groups in total. The number of sulfonamides is 1. The number of oxime groups is 1. The van der Waals surface area contributed by atoms with Gasteiger partial charge < -0.3 is 4.84 Å². The van der Waals surface area contributed by atoms with E-state index >= 15 is 0 Å². The summed E-state index contributed by atoms with van der Waals surface area (Å²) in [5.74, 6) is -1.17. The molecule has 0 amide bonds. The van der Waals surface area contributed by atoms with Gasteiger partial charge in [0.25, 0.3) is 0 Å². The van der Waals surface area contributed by atoms with Crippen LogP contribution in [0.5, 0.6) is 0 Å². The Morgan fingerprint density at radius 1 is 1.13 bits per heavy atom. The first-order valence-corrected chi connectivity index (χ1v) is 11.7. The number of nitrogens with zero attached hydrogens (tertiary/aromatic N) is 2. The summed E-state index contributed by atoms with van der Waals surface area (Å²) in [5, 5.41) is 4.01. The van der Waals surface area contributed by atoms with Crippen molar-refractivity contribution in [2.45, 2.75) is 63.7 Å². The highest BCUT2D eigenvalue weighted by atomic mass is 32.2. The van der Waals surface area contributed by atoms with Crippen LogP contribution in [0.4, 0.5) is 0 Å². The minimum absolute atomic E-state index is 0.158. The Bertz CT molecular complexity index is 1020. The predicted octanol–water partition coefficient (Wildman–Crippen LogP) is 2.70. The van der Waals surface area contributed by atoms with E-state index < -0.39 is 21.4 Å². The maximum atomic E-state index is 13.1. The summed E-state index contributed by atoms with van der Waals surface area (Å²) >= 11 is 0. The Kier molecular flexibility index (Phi) is 5.95. The van der Waals surface area contributed by atoms with Gasteiger partial charge in [0.15, 0.2) is 0 Å². The van der Waals surface area contributed by atoms with Crippen molar-refractivity contribution in [3.8, 4) is 0 Å². The van der Waals surface area contributed by atoms with Gasteiger partial charge in [-0.25, -0.2) is 12.7 Å². The zero-order chi connectivity index (χ0) is 22.4. The highest BCUT2D eigenvalue weighted by molar-refractivity contribution is 7.89. The van der Waals surface area contributed by atoms with E-state index in [4.69, 9.17) is 4.84 Å². The average molecular weight is 435 g/mol. The van der Waals surface area contributed by atoms with E-state index in [0.29, 0.717) is 35.6 Å². The molecular weight excluding hydrogens is 404 g/mol. The van der Waals surface area contributed by atoms with E-state index in [2.05, 4.69) is 5.16 Å². The van der Waals surface area contributed by atoms with E-state index in [1.165, 1.54) is 18.4 Å². The number of hydrogen-bond donors (Lipinski definition) is 0. The standard InChI is InChI=1S/C22H30N2O5S/c1-7-16(23-29-8-2)19-17(25)11-22(12-18(19)26)10-15-20(22)13(3)9-14(4)21(15)30(27,28)24(5)6/h9,19H,7-8,10-12H2,1-6H3.